The van der Waals surface area contributed by atoms with Crippen molar-refractivity contribution in [2.75, 3.05) is 0 Å². The van der Waals surface area contributed by atoms with Crippen LogP contribution >= 0.6 is 0 Å². The highest BCUT2D eigenvalue weighted by molar-refractivity contribution is 5.60. The van der Waals surface area contributed by atoms with Gasteiger partial charge in [0.2, 0.25) is 0 Å². The van der Waals surface area contributed by atoms with Gasteiger partial charge in [0, 0.05) is 5.41 Å². The van der Waals surface area contributed by atoms with Gasteiger partial charge in [0.25, 0.3) is 0 Å². The molecule has 0 bridgehead atoms. The van der Waals surface area contributed by atoms with Crippen molar-refractivity contribution < 1.29 is 9.50 Å². The van der Waals surface area contributed by atoms with E-state index in [1.807, 2.05) is 0 Å². The molecule has 1 aromatic carbocycles. The molecule has 1 atom stereocenters. The monoisotopic (exact) mass is 316 g/mol. The molecule has 2 aliphatic carbocycles. The summed E-state index contributed by atoms with van der Waals surface area (Å²) in [6.45, 7) is 10.3. The van der Waals surface area contributed by atoms with Crippen LogP contribution in [-0.2, 0) is 12.0 Å². The average Bonchev–Trinajstić information content (AvgIpc) is 2.77. The zero-order valence-electron chi connectivity index (χ0n) is 14.7. The number of halogens is 1. The van der Waals surface area contributed by atoms with E-state index < -0.39 is 5.60 Å². The second kappa shape index (κ2) is 5.73. The first-order valence-electron chi connectivity index (χ1n) is 9.01. The molecular weight excluding hydrogens is 287 g/mol. The van der Waals surface area contributed by atoms with Crippen molar-refractivity contribution in [3.05, 3.63) is 41.2 Å². The maximum Gasteiger partial charge on any atom is 0.126 e. The van der Waals surface area contributed by atoms with E-state index in [4.69, 9.17) is 0 Å². The van der Waals surface area contributed by atoms with Crippen LogP contribution in [0.1, 0.15) is 69.6 Å². The highest BCUT2D eigenvalue weighted by atomic mass is 19.1. The summed E-state index contributed by atoms with van der Waals surface area (Å²) in [5, 5.41) is 11.9. The highest BCUT2D eigenvalue weighted by Crippen LogP contribution is 2.58. The van der Waals surface area contributed by atoms with Crippen molar-refractivity contribution in [2.45, 2.75) is 64.9 Å². The lowest BCUT2D eigenvalue weighted by atomic mass is 9.62. The summed E-state index contributed by atoms with van der Waals surface area (Å²) >= 11 is 0. The lowest BCUT2D eigenvalue weighted by Crippen LogP contribution is -2.46. The number of benzene rings is 1. The van der Waals surface area contributed by atoms with E-state index >= 15 is 0 Å². The van der Waals surface area contributed by atoms with Crippen LogP contribution in [0.5, 0.6) is 0 Å². The van der Waals surface area contributed by atoms with Gasteiger partial charge in [-0.25, -0.2) is 4.39 Å². The van der Waals surface area contributed by atoms with E-state index in [9.17, 15) is 9.50 Å². The van der Waals surface area contributed by atoms with Crippen LogP contribution in [0.3, 0.4) is 0 Å². The van der Waals surface area contributed by atoms with Crippen LogP contribution in [0.15, 0.2) is 18.7 Å². The Labute approximate surface area is 139 Å². The van der Waals surface area contributed by atoms with Gasteiger partial charge in [-0.1, -0.05) is 58.8 Å². The fourth-order valence-electron chi connectivity index (χ4n) is 5.09. The second-order valence-corrected chi connectivity index (χ2v) is 8.15. The lowest BCUT2D eigenvalue weighted by molar-refractivity contribution is -0.120. The maximum atomic E-state index is 14.4. The third kappa shape index (κ3) is 2.38. The van der Waals surface area contributed by atoms with Crippen LogP contribution in [0.2, 0.25) is 0 Å². The molecule has 1 N–H and O–H groups in total. The predicted molar refractivity (Wildman–Crippen MR) is 93.6 cm³/mol. The van der Waals surface area contributed by atoms with Gasteiger partial charge in [0.05, 0.1) is 5.60 Å². The summed E-state index contributed by atoms with van der Waals surface area (Å²) in [6, 6.07) is 3.29. The van der Waals surface area contributed by atoms with Crippen molar-refractivity contribution >= 4 is 6.08 Å². The Morgan fingerprint density at radius 1 is 1.26 bits per heavy atom. The second-order valence-electron chi connectivity index (χ2n) is 8.15. The first-order chi connectivity index (χ1) is 10.8. The van der Waals surface area contributed by atoms with E-state index in [1.165, 1.54) is 25.3 Å². The summed E-state index contributed by atoms with van der Waals surface area (Å²) in [4.78, 5) is 0. The van der Waals surface area contributed by atoms with Crippen LogP contribution in [0.4, 0.5) is 4.39 Å². The van der Waals surface area contributed by atoms with E-state index in [2.05, 4.69) is 27.4 Å². The van der Waals surface area contributed by atoms with Gasteiger partial charge in [-0.15, -0.1) is 0 Å². The van der Waals surface area contributed by atoms with Crippen molar-refractivity contribution in [2.24, 2.45) is 17.3 Å². The largest absolute Gasteiger partial charge is 0.384 e. The zero-order valence-corrected chi connectivity index (χ0v) is 14.7. The smallest absolute Gasteiger partial charge is 0.126 e. The molecule has 1 aromatic rings. The highest BCUT2D eigenvalue weighted by Gasteiger charge is 2.57. The molecule has 23 heavy (non-hydrogen) atoms. The SMILES string of the molecule is C=Cc1ccc(F)c2c1C(O)(C1CCC(CC)CC1)C(C)(C)C2. The molecule has 2 aliphatic rings. The summed E-state index contributed by atoms with van der Waals surface area (Å²) in [5.41, 5.74) is 1.11. The van der Waals surface area contributed by atoms with Gasteiger partial charge in [0.1, 0.15) is 5.82 Å². The molecular formula is C21H29FO. The minimum absolute atomic E-state index is 0.183. The summed E-state index contributed by atoms with van der Waals surface area (Å²) in [6.07, 6.45) is 8.00. The van der Waals surface area contributed by atoms with E-state index in [0.717, 1.165) is 29.9 Å². The number of rotatable bonds is 3. The molecule has 0 aliphatic heterocycles. The molecule has 2 heteroatoms. The van der Waals surface area contributed by atoms with Gasteiger partial charge in [-0.05, 0) is 53.9 Å². The van der Waals surface area contributed by atoms with Crippen molar-refractivity contribution in [1.29, 1.82) is 0 Å². The molecule has 0 amide bonds. The van der Waals surface area contributed by atoms with E-state index in [0.29, 0.717) is 12.0 Å². The Morgan fingerprint density at radius 3 is 2.48 bits per heavy atom. The summed E-state index contributed by atoms with van der Waals surface area (Å²) < 4.78 is 14.4. The Balaban J connectivity index is 2.08. The number of fused-ring (bicyclic) bond motifs is 1. The van der Waals surface area contributed by atoms with Crippen LogP contribution in [-0.4, -0.2) is 5.11 Å². The Morgan fingerprint density at radius 2 is 1.91 bits per heavy atom. The molecule has 1 nitrogen and oxygen atoms in total. The third-order valence-electron chi connectivity index (χ3n) is 6.55. The standard InChI is InChI=1S/C21H29FO/c1-5-14-7-10-16(11-8-14)21(23)19-15(6-2)9-12-18(22)17(19)13-20(21,3)4/h6,9,12,14,16,23H,2,5,7-8,10-11,13H2,1,3-4H3. The van der Waals surface area contributed by atoms with Gasteiger partial charge < -0.3 is 5.11 Å². The molecule has 0 heterocycles. The number of hydrogen-bond acceptors (Lipinski definition) is 1. The lowest BCUT2D eigenvalue weighted by Gasteiger charge is -2.46. The normalized spacial score (nSPS) is 32.6. The van der Waals surface area contributed by atoms with E-state index in [-0.39, 0.29) is 17.2 Å². The first kappa shape index (κ1) is 16.7. The Hall–Kier alpha value is -1.15. The summed E-state index contributed by atoms with van der Waals surface area (Å²) in [5.74, 6) is 0.809. The molecule has 1 unspecified atom stereocenters. The molecule has 1 fully saturated rings. The molecule has 3 rings (SSSR count). The molecule has 0 radical (unpaired) electrons. The molecule has 0 aromatic heterocycles. The predicted octanol–water partition coefficient (Wildman–Crippen LogP) is 5.46. The minimum Gasteiger partial charge on any atom is -0.384 e. The number of hydrogen-bond donors (Lipinski definition) is 1. The first-order valence-corrected chi connectivity index (χ1v) is 9.01. The number of aliphatic hydroxyl groups is 1. The van der Waals surface area contributed by atoms with Crippen LogP contribution < -0.4 is 0 Å². The van der Waals surface area contributed by atoms with Crippen molar-refractivity contribution in [3.63, 3.8) is 0 Å². The van der Waals surface area contributed by atoms with Crippen LogP contribution in [0.25, 0.3) is 6.08 Å². The van der Waals surface area contributed by atoms with Gasteiger partial charge in [-0.3, -0.25) is 0 Å². The van der Waals surface area contributed by atoms with Crippen molar-refractivity contribution in [1.82, 2.24) is 0 Å². The molecule has 126 valence electrons. The maximum absolute atomic E-state index is 14.4. The topological polar surface area (TPSA) is 20.2 Å². The van der Waals surface area contributed by atoms with Crippen LogP contribution in [0, 0.1) is 23.1 Å². The van der Waals surface area contributed by atoms with E-state index in [1.54, 1.807) is 12.1 Å². The molecule has 0 saturated heterocycles. The molecule has 1 saturated carbocycles. The van der Waals surface area contributed by atoms with Crippen molar-refractivity contribution in [3.8, 4) is 0 Å². The van der Waals surface area contributed by atoms with Gasteiger partial charge >= 0.3 is 0 Å². The minimum atomic E-state index is -0.952. The Bertz CT molecular complexity index is 611. The quantitative estimate of drug-likeness (QED) is 0.785. The summed E-state index contributed by atoms with van der Waals surface area (Å²) in [7, 11) is 0. The fourth-order valence-corrected chi connectivity index (χ4v) is 5.09. The average molecular weight is 316 g/mol. The van der Waals surface area contributed by atoms with Gasteiger partial charge in [-0.2, -0.15) is 0 Å². The van der Waals surface area contributed by atoms with Gasteiger partial charge in [0.15, 0.2) is 0 Å². The Kier molecular flexibility index (Phi) is 4.16. The third-order valence-corrected chi connectivity index (χ3v) is 6.55. The fraction of sp³-hybridized carbons (Fsp3) is 0.619. The zero-order chi connectivity index (χ0) is 16.8. The molecule has 0 spiro atoms.